The number of thiazole rings is 1. The van der Waals surface area contributed by atoms with E-state index in [4.69, 9.17) is 17.3 Å². The zero-order chi connectivity index (χ0) is 15.0. The molecule has 2 aromatic heterocycles. The van der Waals surface area contributed by atoms with Gasteiger partial charge in [0.25, 0.3) is 0 Å². The van der Waals surface area contributed by atoms with Gasteiger partial charge in [0, 0.05) is 33.2 Å². The van der Waals surface area contributed by atoms with Crippen LogP contribution in [0, 0.1) is 0 Å². The molecule has 0 radical (unpaired) electrons. The predicted octanol–water partition coefficient (Wildman–Crippen LogP) is 4.15. The van der Waals surface area contributed by atoms with E-state index in [-0.39, 0.29) is 0 Å². The van der Waals surface area contributed by atoms with Gasteiger partial charge in [-0.15, -0.1) is 11.3 Å². The van der Waals surface area contributed by atoms with Crippen LogP contribution in [0.2, 0.25) is 5.02 Å². The van der Waals surface area contributed by atoms with E-state index in [1.165, 1.54) is 11.3 Å². The Bertz CT molecular complexity index is 818. The average Bonchev–Trinajstić information content (AvgIpc) is 3.01. The maximum atomic E-state index is 6.36. The van der Waals surface area contributed by atoms with E-state index in [2.05, 4.69) is 27.9 Å². The van der Waals surface area contributed by atoms with Crippen molar-refractivity contribution in [3.63, 3.8) is 0 Å². The first-order valence-corrected chi connectivity index (χ1v) is 7.70. The highest BCUT2D eigenvalue weighted by Crippen LogP contribution is 2.33. The Morgan fingerprint density at radius 1 is 1.48 bits per heavy atom. The third-order valence-corrected chi connectivity index (χ3v) is 4.13. The molecule has 0 saturated carbocycles. The van der Waals surface area contributed by atoms with Gasteiger partial charge in [-0.3, -0.25) is 0 Å². The van der Waals surface area contributed by atoms with Crippen LogP contribution in [-0.4, -0.2) is 9.97 Å². The van der Waals surface area contributed by atoms with Gasteiger partial charge < -0.3 is 16.0 Å². The number of benzene rings is 1. The molecular weight excluding hydrogens is 304 g/mol. The van der Waals surface area contributed by atoms with Gasteiger partial charge >= 0.3 is 0 Å². The largest absolute Gasteiger partial charge is 0.383 e. The van der Waals surface area contributed by atoms with Crippen LogP contribution in [0.25, 0.3) is 22.2 Å². The Kier molecular flexibility index (Phi) is 3.61. The lowest BCUT2D eigenvalue weighted by molar-refractivity contribution is 0.798. The number of rotatable bonds is 4. The average molecular weight is 319 g/mol. The number of hydrogen-bond donors (Lipinski definition) is 3. The van der Waals surface area contributed by atoms with Gasteiger partial charge in [0.15, 0.2) is 5.13 Å². The Morgan fingerprint density at radius 3 is 2.95 bits per heavy atom. The number of anilines is 1. The van der Waals surface area contributed by atoms with E-state index in [9.17, 15) is 0 Å². The van der Waals surface area contributed by atoms with Crippen molar-refractivity contribution in [1.29, 1.82) is 0 Å². The minimum Gasteiger partial charge on any atom is -0.383 e. The highest BCUT2D eigenvalue weighted by molar-refractivity contribution is 7.13. The van der Waals surface area contributed by atoms with Gasteiger partial charge in [-0.2, -0.15) is 0 Å². The lowest BCUT2D eigenvalue weighted by Gasteiger charge is -2.02. The number of fused-ring (bicyclic) bond motifs is 1. The molecule has 0 amide bonds. The van der Waals surface area contributed by atoms with E-state index in [1.807, 2.05) is 24.4 Å². The Hall–Kier alpha value is -1.98. The fourth-order valence-corrected chi connectivity index (χ4v) is 2.99. The number of halogens is 1. The zero-order valence-electron chi connectivity index (χ0n) is 11.5. The summed E-state index contributed by atoms with van der Waals surface area (Å²) in [5.74, 6) is 0. The minimum atomic E-state index is 0.541. The third kappa shape index (κ3) is 2.89. The van der Waals surface area contributed by atoms with E-state index in [0.717, 1.165) is 33.6 Å². The van der Waals surface area contributed by atoms with Crippen molar-refractivity contribution < 1.29 is 0 Å². The first-order chi connectivity index (χ1) is 10.0. The van der Waals surface area contributed by atoms with Crippen LogP contribution in [0.15, 0.2) is 35.9 Å². The lowest BCUT2D eigenvalue weighted by atomic mass is 10.1. The van der Waals surface area contributed by atoms with Gasteiger partial charge in [-0.25, -0.2) is 4.98 Å². The molecule has 0 spiro atoms. The van der Waals surface area contributed by atoms with Crippen LogP contribution in [-0.2, 0) is 6.54 Å². The molecule has 4 N–H and O–H groups in total. The topological polar surface area (TPSA) is 66.7 Å². The summed E-state index contributed by atoms with van der Waals surface area (Å²) in [7, 11) is 0. The Morgan fingerprint density at radius 2 is 2.29 bits per heavy atom. The molecule has 2 heterocycles. The molecule has 0 bridgehead atoms. The van der Waals surface area contributed by atoms with Crippen molar-refractivity contribution >= 4 is 39.0 Å². The van der Waals surface area contributed by atoms with E-state index >= 15 is 0 Å². The Labute approximate surface area is 131 Å². The molecule has 3 rings (SSSR count). The van der Waals surface area contributed by atoms with Gasteiger partial charge in [0.2, 0.25) is 0 Å². The molecule has 0 aliphatic rings. The lowest BCUT2D eigenvalue weighted by Crippen LogP contribution is -2.09. The molecule has 21 heavy (non-hydrogen) atoms. The SMILES string of the molecule is C=C(C)NCc1cc2cc(Cl)c(-c3csc(N)n3)cc2[nH]1. The summed E-state index contributed by atoms with van der Waals surface area (Å²) in [5.41, 5.74) is 10.4. The van der Waals surface area contributed by atoms with Gasteiger partial charge in [-0.1, -0.05) is 18.2 Å². The van der Waals surface area contributed by atoms with Crippen molar-refractivity contribution in [3.05, 3.63) is 46.6 Å². The number of nitrogens with one attached hydrogen (secondary N) is 2. The third-order valence-electron chi connectivity index (χ3n) is 3.14. The molecule has 0 unspecified atom stereocenters. The molecule has 0 aliphatic carbocycles. The summed E-state index contributed by atoms with van der Waals surface area (Å²) in [6, 6.07) is 6.04. The summed E-state index contributed by atoms with van der Waals surface area (Å²) >= 11 is 7.77. The maximum Gasteiger partial charge on any atom is 0.180 e. The molecule has 3 aromatic rings. The van der Waals surface area contributed by atoms with Crippen LogP contribution in [0.3, 0.4) is 0 Å². The highest BCUT2D eigenvalue weighted by atomic mass is 35.5. The number of H-pyrrole nitrogens is 1. The molecule has 4 nitrogen and oxygen atoms in total. The standard InChI is InChI=1S/C15H15ClN4S/c1-8(2)18-6-10-3-9-4-12(16)11(5-13(9)19-10)14-7-21-15(17)20-14/h3-5,7,18-19H,1,6H2,2H3,(H2,17,20). The van der Waals surface area contributed by atoms with Crippen molar-refractivity contribution in [2.45, 2.75) is 13.5 Å². The quantitative estimate of drug-likeness (QED) is 0.677. The number of nitrogen functional groups attached to an aromatic ring is 1. The van der Waals surface area contributed by atoms with Crippen molar-refractivity contribution in [2.24, 2.45) is 0 Å². The number of nitrogens with zero attached hydrogens (tertiary/aromatic N) is 1. The number of allylic oxidation sites excluding steroid dienone is 1. The monoisotopic (exact) mass is 318 g/mol. The van der Waals surface area contributed by atoms with Crippen molar-refractivity contribution in [3.8, 4) is 11.3 Å². The highest BCUT2D eigenvalue weighted by Gasteiger charge is 2.10. The second-order valence-electron chi connectivity index (χ2n) is 4.92. The van der Waals surface area contributed by atoms with E-state index in [1.54, 1.807) is 0 Å². The van der Waals surface area contributed by atoms with E-state index in [0.29, 0.717) is 16.7 Å². The van der Waals surface area contributed by atoms with Crippen LogP contribution in [0.1, 0.15) is 12.6 Å². The van der Waals surface area contributed by atoms with Gasteiger partial charge in [0.1, 0.15) is 0 Å². The second kappa shape index (κ2) is 5.42. The van der Waals surface area contributed by atoms with Crippen molar-refractivity contribution in [1.82, 2.24) is 15.3 Å². The number of nitrogens with two attached hydrogens (primary N) is 1. The van der Waals surface area contributed by atoms with Crippen LogP contribution in [0.5, 0.6) is 0 Å². The van der Waals surface area contributed by atoms with Crippen LogP contribution in [0.4, 0.5) is 5.13 Å². The smallest absolute Gasteiger partial charge is 0.180 e. The number of hydrogen-bond acceptors (Lipinski definition) is 4. The number of aromatic nitrogens is 2. The molecular formula is C15H15ClN4S. The maximum absolute atomic E-state index is 6.36. The fourth-order valence-electron chi connectivity index (χ4n) is 2.16. The molecule has 0 saturated heterocycles. The summed E-state index contributed by atoms with van der Waals surface area (Å²) in [4.78, 5) is 7.67. The zero-order valence-corrected chi connectivity index (χ0v) is 13.1. The predicted molar refractivity (Wildman–Crippen MR) is 90.5 cm³/mol. The molecule has 0 atom stereocenters. The second-order valence-corrected chi connectivity index (χ2v) is 6.22. The van der Waals surface area contributed by atoms with Crippen molar-refractivity contribution in [2.75, 3.05) is 5.73 Å². The first kappa shape index (κ1) is 14.0. The summed E-state index contributed by atoms with van der Waals surface area (Å²) in [5, 5.41) is 7.40. The van der Waals surface area contributed by atoms with E-state index < -0.39 is 0 Å². The van der Waals surface area contributed by atoms with Crippen LogP contribution < -0.4 is 11.1 Å². The summed E-state index contributed by atoms with van der Waals surface area (Å²) in [6.45, 7) is 6.47. The normalized spacial score (nSPS) is 11.0. The summed E-state index contributed by atoms with van der Waals surface area (Å²) in [6.07, 6.45) is 0. The molecule has 0 fully saturated rings. The minimum absolute atomic E-state index is 0.541. The molecule has 6 heteroatoms. The van der Waals surface area contributed by atoms with Gasteiger partial charge in [-0.05, 0) is 25.1 Å². The van der Waals surface area contributed by atoms with Gasteiger partial charge in [0.05, 0.1) is 17.3 Å². The molecule has 108 valence electrons. The fraction of sp³-hybridized carbons (Fsp3) is 0.133. The van der Waals surface area contributed by atoms with Crippen LogP contribution >= 0.6 is 22.9 Å². The molecule has 1 aromatic carbocycles. The summed E-state index contributed by atoms with van der Waals surface area (Å²) < 4.78 is 0. The Balaban J connectivity index is 2.00. The first-order valence-electron chi connectivity index (χ1n) is 6.45. The molecule has 0 aliphatic heterocycles. The number of aromatic amines is 1.